The molecule has 4 rings (SSSR count). The number of fused-ring (bicyclic) bond motifs is 1. The number of piperazine rings is 1. The monoisotopic (exact) mass is 450 g/mol. The van der Waals surface area contributed by atoms with Gasteiger partial charge in [0.05, 0.1) is 20.6 Å². The lowest BCUT2D eigenvalue weighted by molar-refractivity contribution is -0.139. The summed E-state index contributed by atoms with van der Waals surface area (Å²) < 4.78 is 10.7. The van der Waals surface area contributed by atoms with Crippen LogP contribution in [0.15, 0.2) is 42.7 Å². The van der Waals surface area contributed by atoms with Crippen LogP contribution in [-0.2, 0) is 22.4 Å². The van der Waals surface area contributed by atoms with E-state index in [9.17, 15) is 9.59 Å². The Bertz CT molecular complexity index is 1020. The maximum Gasteiger partial charge on any atom is 0.242 e. The number of ether oxygens (including phenoxy) is 2. The summed E-state index contributed by atoms with van der Waals surface area (Å²) in [6, 6.07) is 9.64. The molecule has 3 heterocycles. The summed E-state index contributed by atoms with van der Waals surface area (Å²) in [5.74, 6) is 1.06. The zero-order valence-corrected chi connectivity index (χ0v) is 19.2. The molecular formula is C25H30N4O4. The number of amides is 2. The third kappa shape index (κ3) is 5.51. The summed E-state index contributed by atoms with van der Waals surface area (Å²) in [4.78, 5) is 35.8. The van der Waals surface area contributed by atoms with Crippen molar-refractivity contribution in [2.45, 2.75) is 12.8 Å². The number of methoxy groups -OCH3 is 2. The van der Waals surface area contributed by atoms with E-state index in [0.29, 0.717) is 24.6 Å². The summed E-state index contributed by atoms with van der Waals surface area (Å²) in [6.07, 6.45) is 6.47. The van der Waals surface area contributed by atoms with E-state index in [2.05, 4.69) is 9.88 Å². The summed E-state index contributed by atoms with van der Waals surface area (Å²) in [7, 11) is 3.15. The van der Waals surface area contributed by atoms with Crippen molar-refractivity contribution in [2.75, 3.05) is 53.5 Å². The molecule has 0 saturated carbocycles. The van der Waals surface area contributed by atoms with Crippen LogP contribution in [0, 0.1) is 0 Å². The Kier molecular flexibility index (Phi) is 7.24. The van der Waals surface area contributed by atoms with E-state index >= 15 is 0 Å². The van der Waals surface area contributed by atoms with Gasteiger partial charge in [0.1, 0.15) is 6.54 Å². The van der Waals surface area contributed by atoms with Gasteiger partial charge in [0.2, 0.25) is 11.8 Å². The van der Waals surface area contributed by atoms with Gasteiger partial charge in [0, 0.05) is 57.2 Å². The van der Waals surface area contributed by atoms with E-state index in [1.54, 1.807) is 20.4 Å². The first-order valence-corrected chi connectivity index (χ1v) is 11.2. The number of nitrogens with zero attached hydrogens (tertiary/aromatic N) is 4. The summed E-state index contributed by atoms with van der Waals surface area (Å²) in [6.45, 7) is 3.97. The average Bonchev–Trinajstić information content (AvgIpc) is 3.00. The molecule has 0 spiro atoms. The fraction of sp³-hybridized carbons (Fsp3) is 0.400. The van der Waals surface area contributed by atoms with Crippen LogP contribution in [0.2, 0.25) is 0 Å². The van der Waals surface area contributed by atoms with Crippen LogP contribution < -0.4 is 9.47 Å². The lowest BCUT2D eigenvalue weighted by Gasteiger charge is -2.35. The molecule has 0 aliphatic carbocycles. The number of pyridine rings is 1. The predicted molar refractivity (Wildman–Crippen MR) is 125 cm³/mol. The Balaban J connectivity index is 1.31. The minimum atomic E-state index is -0.112. The molecule has 2 aliphatic rings. The fourth-order valence-corrected chi connectivity index (χ4v) is 4.19. The van der Waals surface area contributed by atoms with Crippen LogP contribution in [0.4, 0.5) is 0 Å². The van der Waals surface area contributed by atoms with Gasteiger partial charge < -0.3 is 19.3 Å². The van der Waals surface area contributed by atoms with Crippen LogP contribution in [-0.4, -0.2) is 85.0 Å². The van der Waals surface area contributed by atoms with Crippen LogP contribution in [0.3, 0.4) is 0 Å². The van der Waals surface area contributed by atoms with Gasteiger partial charge in [-0.2, -0.15) is 0 Å². The van der Waals surface area contributed by atoms with Crippen molar-refractivity contribution in [1.82, 2.24) is 19.7 Å². The normalized spacial score (nSPS) is 16.4. The van der Waals surface area contributed by atoms with E-state index in [4.69, 9.17) is 9.47 Å². The number of hydrogen-bond donors (Lipinski definition) is 0. The minimum absolute atomic E-state index is 0.0292. The van der Waals surface area contributed by atoms with Crippen LogP contribution in [0.25, 0.3) is 6.08 Å². The molecule has 2 aromatic rings. The van der Waals surface area contributed by atoms with Gasteiger partial charge in [0.25, 0.3) is 0 Å². The molecular weight excluding hydrogens is 420 g/mol. The molecule has 0 radical (unpaired) electrons. The molecule has 0 unspecified atom stereocenters. The fourth-order valence-electron chi connectivity index (χ4n) is 4.19. The van der Waals surface area contributed by atoms with Crippen molar-refractivity contribution in [3.05, 3.63) is 59.5 Å². The Morgan fingerprint density at radius 2 is 1.82 bits per heavy atom. The van der Waals surface area contributed by atoms with Crippen molar-refractivity contribution < 1.29 is 19.1 Å². The molecule has 2 aliphatic heterocycles. The van der Waals surface area contributed by atoms with E-state index in [0.717, 1.165) is 42.9 Å². The molecule has 1 fully saturated rings. The SMILES string of the molecule is COc1cc2c(cc1OC)CC(=O)N(CC(=O)N1CCN(CCc3ccccn3)CC1)C=C2. The van der Waals surface area contributed by atoms with Gasteiger partial charge in [-0.25, -0.2) is 0 Å². The van der Waals surface area contributed by atoms with Gasteiger partial charge in [-0.1, -0.05) is 6.07 Å². The Morgan fingerprint density at radius 1 is 1.06 bits per heavy atom. The van der Waals surface area contributed by atoms with Gasteiger partial charge in [-0.15, -0.1) is 0 Å². The number of hydrogen-bond acceptors (Lipinski definition) is 6. The summed E-state index contributed by atoms with van der Waals surface area (Å²) in [5.41, 5.74) is 2.82. The highest BCUT2D eigenvalue weighted by Gasteiger charge is 2.26. The molecule has 0 N–H and O–H groups in total. The molecule has 8 heteroatoms. The second-order valence-corrected chi connectivity index (χ2v) is 8.21. The summed E-state index contributed by atoms with van der Waals surface area (Å²) >= 11 is 0. The standard InChI is InChI=1S/C25H30N4O4/c1-32-22-15-19-6-10-29(24(30)17-20(19)16-23(22)33-2)18-25(31)28-13-11-27(12-14-28)9-7-21-5-3-4-8-26-21/h3-6,8,10,15-16H,7,9,11-14,17-18H2,1-2H3. The first kappa shape index (κ1) is 22.8. The molecule has 8 nitrogen and oxygen atoms in total. The van der Waals surface area contributed by atoms with E-state index in [1.165, 1.54) is 4.90 Å². The smallest absolute Gasteiger partial charge is 0.242 e. The molecule has 0 bridgehead atoms. The topological polar surface area (TPSA) is 75.2 Å². The Morgan fingerprint density at radius 3 is 2.52 bits per heavy atom. The van der Waals surface area contributed by atoms with Crippen molar-refractivity contribution >= 4 is 17.9 Å². The Hall–Kier alpha value is -3.39. The zero-order chi connectivity index (χ0) is 23.2. The van der Waals surface area contributed by atoms with Gasteiger partial charge in [-0.05, 0) is 41.5 Å². The van der Waals surface area contributed by atoms with Gasteiger partial charge in [-0.3, -0.25) is 19.5 Å². The van der Waals surface area contributed by atoms with Crippen LogP contribution >= 0.6 is 0 Å². The number of carbonyl (C=O) groups is 2. The highest BCUT2D eigenvalue weighted by atomic mass is 16.5. The molecule has 1 saturated heterocycles. The van der Waals surface area contributed by atoms with Crippen molar-refractivity contribution in [1.29, 1.82) is 0 Å². The van der Waals surface area contributed by atoms with Crippen molar-refractivity contribution in [3.63, 3.8) is 0 Å². The largest absolute Gasteiger partial charge is 0.493 e. The summed E-state index contributed by atoms with van der Waals surface area (Å²) in [5, 5.41) is 0. The van der Waals surface area contributed by atoms with Crippen molar-refractivity contribution in [2.24, 2.45) is 0 Å². The molecule has 0 atom stereocenters. The zero-order valence-electron chi connectivity index (χ0n) is 19.2. The lowest BCUT2D eigenvalue weighted by atomic mass is 10.0. The van der Waals surface area contributed by atoms with Crippen molar-refractivity contribution in [3.8, 4) is 11.5 Å². The third-order valence-corrected chi connectivity index (χ3v) is 6.18. The average molecular weight is 451 g/mol. The van der Waals surface area contributed by atoms with Crippen LogP contribution in [0.5, 0.6) is 11.5 Å². The highest BCUT2D eigenvalue weighted by Crippen LogP contribution is 2.32. The molecule has 1 aromatic carbocycles. The number of carbonyl (C=O) groups excluding carboxylic acids is 2. The van der Waals surface area contributed by atoms with Crippen LogP contribution in [0.1, 0.15) is 16.8 Å². The maximum absolute atomic E-state index is 12.9. The first-order chi connectivity index (χ1) is 16.1. The maximum atomic E-state index is 12.9. The number of aromatic nitrogens is 1. The van der Waals surface area contributed by atoms with Gasteiger partial charge in [0.15, 0.2) is 11.5 Å². The highest BCUT2D eigenvalue weighted by molar-refractivity contribution is 5.89. The predicted octanol–water partition coefficient (Wildman–Crippen LogP) is 1.84. The first-order valence-electron chi connectivity index (χ1n) is 11.2. The molecule has 174 valence electrons. The van der Waals surface area contributed by atoms with E-state index < -0.39 is 0 Å². The second kappa shape index (κ2) is 10.5. The second-order valence-electron chi connectivity index (χ2n) is 8.21. The number of benzene rings is 1. The van der Waals surface area contributed by atoms with E-state index in [-0.39, 0.29) is 24.8 Å². The number of rotatable bonds is 7. The molecule has 2 amide bonds. The molecule has 1 aromatic heterocycles. The Labute approximate surface area is 194 Å². The van der Waals surface area contributed by atoms with E-state index in [1.807, 2.05) is 47.5 Å². The minimum Gasteiger partial charge on any atom is -0.493 e. The third-order valence-electron chi connectivity index (χ3n) is 6.18. The lowest BCUT2D eigenvalue weighted by Crippen LogP contribution is -2.51. The quantitative estimate of drug-likeness (QED) is 0.641. The van der Waals surface area contributed by atoms with Gasteiger partial charge >= 0.3 is 0 Å². The molecule has 33 heavy (non-hydrogen) atoms.